The molecule has 6 nitrogen and oxygen atoms in total. The van der Waals surface area contributed by atoms with Crippen LogP contribution in [0.3, 0.4) is 0 Å². The summed E-state index contributed by atoms with van der Waals surface area (Å²) in [6, 6.07) is 11.5. The Hall–Kier alpha value is -3.55. The van der Waals surface area contributed by atoms with Crippen molar-refractivity contribution in [1.29, 1.82) is 0 Å². The topological polar surface area (TPSA) is 76.1 Å². The van der Waals surface area contributed by atoms with Gasteiger partial charge in [0.15, 0.2) is 0 Å². The van der Waals surface area contributed by atoms with Gasteiger partial charge in [0.25, 0.3) is 5.91 Å². The Bertz CT molecular complexity index is 995. The number of benzene rings is 2. The van der Waals surface area contributed by atoms with E-state index < -0.39 is 17.5 Å². The summed E-state index contributed by atoms with van der Waals surface area (Å²) in [5.74, 6) is -1.39. The van der Waals surface area contributed by atoms with E-state index in [1.165, 1.54) is 6.07 Å². The molecule has 0 aliphatic heterocycles. The van der Waals surface area contributed by atoms with Crippen molar-refractivity contribution < 1.29 is 18.3 Å². The first-order valence-electron chi connectivity index (χ1n) is 7.98. The van der Waals surface area contributed by atoms with Crippen LogP contribution in [-0.2, 0) is 0 Å². The summed E-state index contributed by atoms with van der Waals surface area (Å²) < 4.78 is 31.9. The number of carbonyl (C=O) groups excluding carboxylic acids is 1. The Balaban J connectivity index is 1.82. The summed E-state index contributed by atoms with van der Waals surface area (Å²) in [6.07, 6.45) is 0. The van der Waals surface area contributed by atoms with Gasteiger partial charge in [-0.2, -0.15) is 0 Å². The zero-order valence-electron chi connectivity index (χ0n) is 14.6. The number of aryl methyl sites for hydroxylation is 1. The highest BCUT2D eigenvalue weighted by Crippen LogP contribution is 2.20. The van der Waals surface area contributed by atoms with Gasteiger partial charge < -0.3 is 15.4 Å². The van der Waals surface area contributed by atoms with Crippen LogP contribution in [-0.4, -0.2) is 23.0 Å². The van der Waals surface area contributed by atoms with Gasteiger partial charge in [0.05, 0.1) is 12.8 Å². The predicted octanol–water partition coefficient (Wildman–Crippen LogP) is 4.07. The van der Waals surface area contributed by atoms with Crippen molar-refractivity contribution in [3.8, 4) is 5.75 Å². The highest BCUT2D eigenvalue weighted by Gasteiger charge is 2.14. The van der Waals surface area contributed by atoms with Crippen LogP contribution in [0, 0.1) is 18.6 Å². The van der Waals surface area contributed by atoms with Crippen LogP contribution >= 0.6 is 0 Å². The van der Waals surface area contributed by atoms with E-state index in [-0.39, 0.29) is 17.3 Å². The average Bonchev–Trinajstić information content (AvgIpc) is 2.63. The van der Waals surface area contributed by atoms with E-state index in [0.717, 1.165) is 12.1 Å². The van der Waals surface area contributed by atoms with Crippen molar-refractivity contribution >= 4 is 23.2 Å². The fourth-order valence-electron chi connectivity index (χ4n) is 2.35. The fourth-order valence-corrected chi connectivity index (χ4v) is 2.35. The summed E-state index contributed by atoms with van der Waals surface area (Å²) >= 11 is 0. The van der Waals surface area contributed by atoms with Crippen molar-refractivity contribution in [3.63, 3.8) is 0 Å². The smallest absolute Gasteiger partial charge is 0.274 e. The van der Waals surface area contributed by atoms with Crippen LogP contribution in [0.2, 0.25) is 0 Å². The first kappa shape index (κ1) is 18.2. The summed E-state index contributed by atoms with van der Waals surface area (Å²) in [7, 11) is 1.55. The highest BCUT2D eigenvalue weighted by atomic mass is 19.1. The minimum atomic E-state index is -0.871. The lowest BCUT2D eigenvalue weighted by molar-refractivity contribution is 0.102. The first-order chi connectivity index (χ1) is 12.9. The molecule has 0 unspecified atom stereocenters. The molecule has 0 saturated carbocycles. The van der Waals surface area contributed by atoms with Gasteiger partial charge in [-0.05, 0) is 37.3 Å². The molecular weight excluding hydrogens is 354 g/mol. The zero-order valence-corrected chi connectivity index (χ0v) is 14.6. The molecule has 0 aliphatic carbocycles. The largest absolute Gasteiger partial charge is 0.497 e. The number of ether oxygens (including phenoxy) is 1. The Labute approximate surface area is 154 Å². The van der Waals surface area contributed by atoms with Crippen molar-refractivity contribution in [3.05, 3.63) is 71.6 Å². The number of hydrogen-bond acceptors (Lipinski definition) is 5. The average molecular weight is 370 g/mol. The zero-order chi connectivity index (χ0) is 19.4. The van der Waals surface area contributed by atoms with Gasteiger partial charge in [-0.25, -0.2) is 18.7 Å². The molecule has 8 heteroatoms. The van der Waals surface area contributed by atoms with Crippen LogP contribution < -0.4 is 15.4 Å². The fraction of sp³-hybridized carbons (Fsp3) is 0.105. The number of halogens is 2. The molecular formula is C19H16F2N4O2. The van der Waals surface area contributed by atoms with E-state index in [9.17, 15) is 13.6 Å². The third-order valence-corrected chi connectivity index (χ3v) is 3.59. The highest BCUT2D eigenvalue weighted by molar-refractivity contribution is 6.03. The Morgan fingerprint density at radius 1 is 1.07 bits per heavy atom. The number of aromatic nitrogens is 2. The van der Waals surface area contributed by atoms with E-state index >= 15 is 0 Å². The summed E-state index contributed by atoms with van der Waals surface area (Å²) in [5, 5.41) is 5.36. The predicted molar refractivity (Wildman–Crippen MR) is 97.4 cm³/mol. The quantitative estimate of drug-likeness (QED) is 0.708. The van der Waals surface area contributed by atoms with Crippen molar-refractivity contribution in [2.45, 2.75) is 6.92 Å². The molecule has 0 bridgehead atoms. The second kappa shape index (κ2) is 7.77. The number of rotatable bonds is 5. The Morgan fingerprint density at radius 3 is 2.63 bits per heavy atom. The van der Waals surface area contributed by atoms with E-state index in [1.807, 2.05) is 0 Å². The number of hydrogen-bond donors (Lipinski definition) is 2. The number of carbonyl (C=O) groups is 1. The van der Waals surface area contributed by atoms with Crippen LogP contribution in [0.15, 0.2) is 48.5 Å². The number of nitrogens with zero attached hydrogens (tertiary/aromatic N) is 2. The molecule has 0 fully saturated rings. The normalized spacial score (nSPS) is 10.4. The number of nitrogens with one attached hydrogen (secondary N) is 2. The number of methoxy groups -OCH3 is 1. The third kappa shape index (κ3) is 4.55. The number of anilines is 3. The van der Waals surface area contributed by atoms with Crippen LogP contribution in [0.1, 0.15) is 16.2 Å². The van der Waals surface area contributed by atoms with Gasteiger partial charge in [-0.3, -0.25) is 4.79 Å². The van der Waals surface area contributed by atoms with Crippen molar-refractivity contribution in [2.24, 2.45) is 0 Å². The number of amides is 1. The molecule has 3 aromatic rings. The van der Waals surface area contributed by atoms with Gasteiger partial charge in [0.2, 0.25) is 5.95 Å². The third-order valence-electron chi connectivity index (χ3n) is 3.59. The van der Waals surface area contributed by atoms with Gasteiger partial charge in [-0.1, -0.05) is 6.07 Å². The molecule has 0 radical (unpaired) electrons. The molecule has 27 heavy (non-hydrogen) atoms. The maximum atomic E-state index is 13.7. The SMILES string of the molecule is COc1cccc(Nc2nc(C)cc(C(=O)Nc3ccc(F)cc3F)n2)c1. The minimum Gasteiger partial charge on any atom is -0.497 e. The summed E-state index contributed by atoms with van der Waals surface area (Å²) in [5.41, 5.74) is 1.12. The molecule has 0 atom stereocenters. The maximum absolute atomic E-state index is 13.7. The maximum Gasteiger partial charge on any atom is 0.274 e. The van der Waals surface area contributed by atoms with E-state index in [1.54, 1.807) is 38.3 Å². The Kier molecular flexibility index (Phi) is 5.25. The van der Waals surface area contributed by atoms with E-state index in [2.05, 4.69) is 20.6 Å². The molecule has 1 aromatic heterocycles. The van der Waals surface area contributed by atoms with Crippen LogP contribution in [0.5, 0.6) is 5.75 Å². The molecule has 3 rings (SSSR count). The molecule has 2 aromatic carbocycles. The van der Waals surface area contributed by atoms with Crippen molar-refractivity contribution in [1.82, 2.24) is 9.97 Å². The van der Waals surface area contributed by atoms with Gasteiger partial charge >= 0.3 is 0 Å². The second-order valence-electron chi connectivity index (χ2n) is 5.65. The monoisotopic (exact) mass is 370 g/mol. The van der Waals surface area contributed by atoms with E-state index in [0.29, 0.717) is 23.2 Å². The molecule has 2 N–H and O–H groups in total. The second-order valence-corrected chi connectivity index (χ2v) is 5.65. The van der Waals surface area contributed by atoms with Gasteiger partial charge in [0.1, 0.15) is 23.1 Å². The molecule has 1 amide bonds. The lowest BCUT2D eigenvalue weighted by Gasteiger charge is -2.10. The van der Waals surface area contributed by atoms with Gasteiger partial charge in [-0.15, -0.1) is 0 Å². The van der Waals surface area contributed by atoms with Crippen LogP contribution in [0.4, 0.5) is 26.1 Å². The lowest BCUT2D eigenvalue weighted by atomic mass is 10.2. The molecule has 0 aliphatic rings. The van der Waals surface area contributed by atoms with E-state index in [4.69, 9.17) is 4.74 Å². The molecule has 0 saturated heterocycles. The van der Waals surface area contributed by atoms with Crippen molar-refractivity contribution in [2.75, 3.05) is 17.7 Å². The lowest BCUT2D eigenvalue weighted by Crippen LogP contribution is -2.16. The molecule has 1 heterocycles. The van der Waals surface area contributed by atoms with Crippen LogP contribution in [0.25, 0.3) is 0 Å². The summed E-state index contributed by atoms with van der Waals surface area (Å²) in [4.78, 5) is 20.8. The van der Waals surface area contributed by atoms with Gasteiger partial charge in [0, 0.05) is 23.5 Å². The first-order valence-corrected chi connectivity index (χ1v) is 7.98. The minimum absolute atomic E-state index is 0.0385. The molecule has 138 valence electrons. The standard InChI is InChI=1S/C19H16F2N4O2/c1-11-8-17(18(26)24-16-7-6-12(20)9-15(16)21)25-19(22-11)23-13-4-3-5-14(10-13)27-2/h3-10H,1-2H3,(H,24,26)(H,22,23,25). The molecule has 0 spiro atoms. The Morgan fingerprint density at radius 2 is 1.89 bits per heavy atom. The summed E-state index contributed by atoms with van der Waals surface area (Å²) in [6.45, 7) is 1.70.